The second-order valence-corrected chi connectivity index (χ2v) is 7.11. The maximum Gasteiger partial charge on any atom is 0.266 e. The molecule has 166 valence electrons. The standard InChI is InChI=1S/C23H28FN3O4/c1-15-10-18(17(3)27(15)16(2)14-30-5)11-19(13-25)23(28)26-20-6-7-22(21(24)12-20)31-9-8-29-4/h6-7,10-12,16H,8-9,14H2,1-5H3,(H,26,28)/b19-11-. The van der Waals surface area contributed by atoms with Crippen LogP contribution in [-0.4, -0.2) is 44.5 Å². The summed E-state index contributed by atoms with van der Waals surface area (Å²) in [7, 11) is 3.17. The minimum atomic E-state index is -0.621. The lowest BCUT2D eigenvalue weighted by atomic mass is 10.1. The molecule has 1 unspecified atom stereocenters. The molecule has 0 aliphatic carbocycles. The first kappa shape index (κ1) is 24.1. The first-order valence-corrected chi connectivity index (χ1v) is 9.84. The fourth-order valence-electron chi connectivity index (χ4n) is 3.38. The number of anilines is 1. The minimum absolute atomic E-state index is 0.0590. The maximum absolute atomic E-state index is 14.2. The van der Waals surface area contributed by atoms with Gasteiger partial charge in [0.05, 0.1) is 19.3 Å². The first-order chi connectivity index (χ1) is 14.8. The van der Waals surface area contributed by atoms with Gasteiger partial charge in [-0.25, -0.2) is 4.39 Å². The Morgan fingerprint density at radius 2 is 2.00 bits per heavy atom. The summed E-state index contributed by atoms with van der Waals surface area (Å²) in [5.41, 5.74) is 2.82. The summed E-state index contributed by atoms with van der Waals surface area (Å²) in [6, 6.07) is 8.02. The molecule has 0 fully saturated rings. The van der Waals surface area contributed by atoms with Crippen molar-refractivity contribution in [1.82, 2.24) is 4.57 Å². The Labute approximate surface area is 182 Å². The SMILES string of the molecule is COCCOc1ccc(NC(=O)/C(C#N)=C\c2cc(C)n(C(C)COC)c2C)cc1F. The van der Waals surface area contributed by atoms with E-state index in [4.69, 9.17) is 14.2 Å². The number of carbonyl (C=O) groups is 1. The number of carbonyl (C=O) groups excluding carboxylic acids is 1. The zero-order chi connectivity index (χ0) is 23.0. The van der Waals surface area contributed by atoms with E-state index in [0.29, 0.717) is 13.2 Å². The number of aromatic nitrogens is 1. The van der Waals surface area contributed by atoms with Gasteiger partial charge in [0.25, 0.3) is 5.91 Å². The zero-order valence-corrected chi connectivity index (χ0v) is 18.5. The predicted octanol–water partition coefficient (Wildman–Crippen LogP) is 4.02. The number of benzene rings is 1. The Bertz CT molecular complexity index is 991. The third kappa shape index (κ3) is 6.17. The van der Waals surface area contributed by atoms with E-state index in [1.807, 2.05) is 32.9 Å². The van der Waals surface area contributed by atoms with Crippen LogP contribution in [0.4, 0.5) is 10.1 Å². The molecule has 0 radical (unpaired) electrons. The largest absolute Gasteiger partial charge is 0.488 e. The second-order valence-electron chi connectivity index (χ2n) is 7.11. The van der Waals surface area contributed by atoms with Gasteiger partial charge >= 0.3 is 0 Å². The molecular formula is C23H28FN3O4. The number of hydrogen-bond acceptors (Lipinski definition) is 5. The Balaban J connectivity index is 2.19. The van der Waals surface area contributed by atoms with Gasteiger partial charge in [-0.15, -0.1) is 0 Å². The van der Waals surface area contributed by atoms with Crippen molar-refractivity contribution in [2.24, 2.45) is 0 Å². The Morgan fingerprint density at radius 1 is 1.26 bits per heavy atom. The Hall–Kier alpha value is -3.15. The Kier molecular flexibility index (Phi) is 8.79. The molecule has 0 saturated heterocycles. The topological polar surface area (TPSA) is 85.5 Å². The molecule has 1 aromatic heterocycles. The zero-order valence-electron chi connectivity index (χ0n) is 18.5. The molecular weight excluding hydrogens is 401 g/mol. The highest BCUT2D eigenvalue weighted by Gasteiger charge is 2.16. The van der Waals surface area contributed by atoms with Crippen LogP contribution in [0.15, 0.2) is 29.8 Å². The summed E-state index contributed by atoms with van der Waals surface area (Å²) < 4.78 is 31.6. The summed E-state index contributed by atoms with van der Waals surface area (Å²) in [5.74, 6) is -1.18. The van der Waals surface area contributed by atoms with Crippen LogP contribution in [0.1, 0.15) is 29.9 Å². The lowest BCUT2D eigenvalue weighted by Crippen LogP contribution is -2.14. The predicted molar refractivity (Wildman–Crippen MR) is 116 cm³/mol. The lowest BCUT2D eigenvalue weighted by molar-refractivity contribution is -0.112. The van der Waals surface area contributed by atoms with E-state index in [1.54, 1.807) is 7.11 Å². The Morgan fingerprint density at radius 3 is 2.61 bits per heavy atom. The number of halogens is 1. The van der Waals surface area contributed by atoms with Gasteiger partial charge in [-0.2, -0.15) is 5.26 Å². The average molecular weight is 429 g/mol. The highest BCUT2D eigenvalue weighted by molar-refractivity contribution is 6.09. The van der Waals surface area contributed by atoms with Crippen molar-refractivity contribution >= 4 is 17.7 Å². The molecule has 0 saturated carbocycles. The molecule has 0 aliphatic rings. The molecule has 0 bridgehead atoms. The van der Waals surface area contributed by atoms with Gasteiger partial charge < -0.3 is 24.1 Å². The smallest absolute Gasteiger partial charge is 0.266 e. The maximum atomic E-state index is 14.2. The number of ether oxygens (including phenoxy) is 3. The number of amides is 1. The molecule has 0 aliphatic heterocycles. The summed E-state index contributed by atoms with van der Waals surface area (Å²) in [6.07, 6.45) is 1.53. The van der Waals surface area contributed by atoms with Crippen molar-refractivity contribution in [3.8, 4) is 11.8 Å². The number of aryl methyl sites for hydroxylation is 1. The molecule has 0 spiro atoms. The van der Waals surface area contributed by atoms with E-state index < -0.39 is 11.7 Å². The van der Waals surface area contributed by atoms with Crippen LogP contribution in [-0.2, 0) is 14.3 Å². The van der Waals surface area contributed by atoms with Gasteiger partial charge in [0.1, 0.15) is 18.2 Å². The van der Waals surface area contributed by atoms with Gasteiger partial charge in [0, 0.05) is 37.4 Å². The minimum Gasteiger partial charge on any atom is -0.488 e. The van der Waals surface area contributed by atoms with E-state index in [9.17, 15) is 14.4 Å². The number of hydrogen-bond donors (Lipinski definition) is 1. The van der Waals surface area contributed by atoms with Crippen molar-refractivity contribution in [3.05, 3.63) is 52.6 Å². The molecule has 8 heteroatoms. The molecule has 1 N–H and O–H groups in total. The fourth-order valence-corrected chi connectivity index (χ4v) is 3.38. The number of nitriles is 1. The summed E-state index contributed by atoms with van der Waals surface area (Å²) in [6.45, 7) is 7.01. The van der Waals surface area contributed by atoms with Crippen molar-refractivity contribution in [1.29, 1.82) is 5.26 Å². The third-order valence-corrected chi connectivity index (χ3v) is 4.77. The van der Waals surface area contributed by atoms with Crippen LogP contribution in [0.5, 0.6) is 5.75 Å². The lowest BCUT2D eigenvalue weighted by Gasteiger charge is -2.17. The van der Waals surface area contributed by atoms with Crippen LogP contribution in [0.2, 0.25) is 0 Å². The molecule has 1 atom stereocenters. The van der Waals surface area contributed by atoms with E-state index in [1.165, 1.54) is 25.3 Å². The highest BCUT2D eigenvalue weighted by Crippen LogP contribution is 2.24. The quantitative estimate of drug-likeness (QED) is 0.350. The van der Waals surface area contributed by atoms with E-state index in [-0.39, 0.29) is 29.7 Å². The second kappa shape index (κ2) is 11.3. The number of rotatable bonds is 10. The average Bonchev–Trinajstić information content (AvgIpc) is 3.01. The van der Waals surface area contributed by atoms with E-state index in [2.05, 4.69) is 9.88 Å². The monoisotopic (exact) mass is 429 g/mol. The number of methoxy groups -OCH3 is 2. The molecule has 1 amide bonds. The van der Waals surface area contributed by atoms with Gasteiger partial charge in [-0.05, 0) is 50.6 Å². The molecule has 31 heavy (non-hydrogen) atoms. The fraction of sp³-hybridized carbons (Fsp3) is 0.391. The van der Waals surface area contributed by atoms with Crippen molar-refractivity contribution in [2.75, 3.05) is 39.4 Å². The van der Waals surface area contributed by atoms with Crippen molar-refractivity contribution < 1.29 is 23.4 Å². The van der Waals surface area contributed by atoms with Crippen LogP contribution < -0.4 is 10.1 Å². The summed E-state index contributed by atoms with van der Waals surface area (Å²) >= 11 is 0. The van der Waals surface area contributed by atoms with Crippen molar-refractivity contribution in [3.63, 3.8) is 0 Å². The summed E-state index contributed by atoms with van der Waals surface area (Å²) in [4.78, 5) is 12.6. The molecule has 2 rings (SSSR count). The molecule has 1 heterocycles. The highest BCUT2D eigenvalue weighted by atomic mass is 19.1. The van der Waals surface area contributed by atoms with Crippen LogP contribution in [0, 0.1) is 31.0 Å². The van der Waals surface area contributed by atoms with Crippen LogP contribution in [0.25, 0.3) is 6.08 Å². The first-order valence-electron chi connectivity index (χ1n) is 9.84. The van der Waals surface area contributed by atoms with Gasteiger partial charge in [0.2, 0.25) is 0 Å². The molecule has 2 aromatic rings. The van der Waals surface area contributed by atoms with Crippen LogP contribution >= 0.6 is 0 Å². The summed E-state index contributed by atoms with van der Waals surface area (Å²) in [5, 5.41) is 12.1. The van der Waals surface area contributed by atoms with E-state index in [0.717, 1.165) is 23.0 Å². The van der Waals surface area contributed by atoms with Crippen molar-refractivity contribution in [2.45, 2.75) is 26.8 Å². The molecule has 7 nitrogen and oxygen atoms in total. The molecule has 1 aromatic carbocycles. The van der Waals surface area contributed by atoms with Gasteiger partial charge in [0.15, 0.2) is 11.6 Å². The third-order valence-electron chi connectivity index (χ3n) is 4.77. The van der Waals surface area contributed by atoms with Gasteiger partial charge in [-0.1, -0.05) is 0 Å². The normalized spacial score (nSPS) is 12.4. The number of nitrogens with one attached hydrogen (secondary N) is 1. The van der Waals surface area contributed by atoms with Crippen LogP contribution in [0.3, 0.4) is 0 Å². The number of nitrogens with zero attached hydrogens (tertiary/aromatic N) is 2. The van der Waals surface area contributed by atoms with E-state index >= 15 is 0 Å². The van der Waals surface area contributed by atoms with Gasteiger partial charge in [-0.3, -0.25) is 4.79 Å².